The molecule has 0 aliphatic rings. The van der Waals surface area contributed by atoms with Crippen LogP contribution < -0.4 is 16.0 Å². The van der Waals surface area contributed by atoms with E-state index in [0.29, 0.717) is 5.56 Å². The topological polar surface area (TPSA) is 70.2 Å². The van der Waals surface area contributed by atoms with E-state index in [9.17, 15) is 9.59 Å². The van der Waals surface area contributed by atoms with E-state index in [0.717, 1.165) is 16.9 Å². The van der Waals surface area contributed by atoms with Crippen molar-refractivity contribution in [1.29, 1.82) is 0 Å². The molecule has 2 amide bonds. The first-order valence-electron chi connectivity index (χ1n) is 7.01. The highest BCUT2D eigenvalue weighted by Crippen LogP contribution is 2.10. The van der Waals surface area contributed by atoms with Crippen LogP contribution in [0.5, 0.6) is 0 Å². The largest absolute Gasteiger partial charge is 0.376 e. The minimum atomic E-state index is -0.135. The Bertz CT molecular complexity index is 649. The van der Waals surface area contributed by atoms with Crippen LogP contribution in [0.15, 0.2) is 48.5 Å². The van der Waals surface area contributed by atoms with Gasteiger partial charge in [0.2, 0.25) is 5.91 Å². The van der Waals surface area contributed by atoms with Crippen molar-refractivity contribution in [3.05, 3.63) is 59.7 Å². The molecule has 0 fully saturated rings. The van der Waals surface area contributed by atoms with Crippen molar-refractivity contribution in [2.45, 2.75) is 6.92 Å². The van der Waals surface area contributed by atoms with Gasteiger partial charge in [0.1, 0.15) is 0 Å². The highest BCUT2D eigenvalue weighted by atomic mass is 16.2. The lowest BCUT2D eigenvalue weighted by Crippen LogP contribution is -2.22. The first-order valence-corrected chi connectivity index (χ1v) is 7.01. The minimum Gasteiger partial charge on any atom is -0.376 e. The van der Waals surface area contributed by atoms with Gasteiger partial charge in [0.25, 0.3) is 5.91 Å². The summed E-state index contributed by atoms with van der Waals surface area (Å²) in [5, 5.41) is 8.39. The summed E-state index contributed by atoms with van der Waals surface area (Å²) in [6.45, 7) is 2.16. The van der Waals surface area contributed by atoms with Gasteiger partial charge in [-0.1, -0.05) is 17.7 Å². The molecular weight excluding hydrogens is 278 g/mol. The van der Waals surface area contributed by atoms with Gasteiger partial charge in [0.05, 0.1) is 6.54 Å². The number of rotatable bonds is 5. The van der Waals surface area contributed by atoms with Gasteiger partial charge in [-0.15, -0.1) is 0 Å². The standard InChI is InChI=1S/C17H19N3O2/c1-12-3-7-15(8-4-12)20-16(21)11-19-14-9-5-13(6-10-14)17(22)18-2/h3-10,19H,11H2,1-2H3,(H,18,22)(H,20,21). The quantitative estimate of drug-likeness (QED) is 0.793. The van der Waals surface area contributed by atoms with Crippen molar-refractivity contribution in [3.8, 4) is 0 Å². The Labute approximate surface area is 129 Å². The van der Waals surface area contributed by atoms with Crippen LogP contribution in [-0.2, 0) is 4.79 Å². The summed E-state index contributed by atoms with van der Waals surface area (Å²) in [5.41, 5.74) is 3.28. The van der Waals surface area contributed by atoms with E-state index in [1.807, 2.05) is 31.2 Å². The molecule has 0 saturated carbocycles. The number of nitrogens with one attached hydrogen (secondary N) is 3. The summed E-state index contributed by atoms with van der Waals surface area (Å²) in [7, 11) is 1.59. The molecule has 0 saturated heterocycles. The van der Waals surface area contributed by atoms with Crippen LogP contribution in [-0.4, -0.2) is 25.4 Å². The maximum atomic E-state index is 11.9. The molecule has 2 aromatic rings. The molecule has 0 bridgehead atoms. The zero-order valence-electron chi connectivity index (χ0n) is 12.6. The van der Waals surface area contributed by atoms with E-state index in [1.165, 1.54) is 0 Å². The monoisotopic (exact) mass is 297 g/mol. The van der Waals surface area contributed by atoms with Gasteiger partial charge in [0.15, 0.2) is 0 Å². The molecule has 0 spiro atoms. The number of benzene rings is 2. The third-order valence-corrected chi connectivity index (χ3v) is 3.16. The number of carbonyl (C=O) groups excluding carboxylic acids is 2. The zero-order chi connectivity index (χ0) is 15.9. The highest BCUT2D eigenvalue weighted by Gasteiger charge is 2.04. The Morgan fingerprint density at radius 3 is 2.09 bits per heavy atom. The molecule has 3 N–H and O–H groups in total. The number of hydrogen-bond acceptors (Lipinski definition) is 3. The first-order chi connectivity index (χ1) is 10.6. The van der Waals surface area contributed by atoms with Crippen LogP contribution in [0.2, 0.25) is 0 Å². The van der Waals surface area contributed by atoms with Crippen LogP contribution in [0.3, 0.4) is 0 Å². The number of anilines is 2. The van der Waals surface area contributed by atoms with Gasteiger partial charge in [-0.2, -0.15) is 0 Å². The van der Waals surface area contributed by atoms with Gasteiger partial charge in [0, 0.05) is 24.0 Å². The molecule has 114 valence electrons. The molecule has 2 rings (SSSR count). The van der Waals surface area contributed by atoms with Crippen LogP contribution in [0.4, 0.5) is 11.4 Å². The van der Waals surface area contributed by atoms with Crippen LogP contribution in [0.1, 0.15) is 15.9 Å². The minimum absolute atomic E-state index is 0.126. The molecule has 5 nitrogen and oxygen atoms in total. The number of hydrogen-bond donors (Lipinski definition) is 3. The van der Waals surface area contributed by atoms with Crippen molar-refractivity contribution in [3.63, 3.8) is 0 Å². The summed E-state index contributed by atoms with van der Waals surface area (Å²) in [4.78, 5) is 23.3. The second kappa shape index (κ2) is 7.26. The zero-order valence-corrected chi connectivity index (χ0v) is 12.6. The summed E-state index contributed by atoms with van der Waals surface area (Å²) in [6.07, 6.45) is 0. The van der Waals surface area contributed by atoms with E-state index in [-0.39, 0.29) is 18.4 Å². The predicted molar refractivity (Wildman–Crippen MR) is 88.1 cm³/mol. The average molecular weight is 297 g/mol. The molecule has 0 aliphatic carbocycles. The Morgan fingerprint density at radius 2 is 1.50 bits per heavy atom. The molecule has 0 aromatic heterocycles. The Balaban J connectivity index is 1.85. The molecule has 0 atom stereocenters. The molecule has 0 aliphatic heterocycles. The lowest BCUT2D eigenvalue weighted by Gasteiger charge is -2.08. The molecule has 0 unspecified atom stereocenters. The van der Waals surface area contributed by atoms with Gasteiger partial charge >= 0.3 is 0 Å². The van der Waals surface area contributed by atoms with Crippen LogP contribution in [0, 0.1) is 6.92 Å². The highest BCUT2D eigenvalue weighted by molar-refractivity contribution is 5.95. The lowest BCUT2D eigenvalue weighted by molar-refractivity contribution is -0.114. The molecule has 0 heterocycles. The molecule has 2 aromatic carbocycles. The van der Waals surface area contributed by atoms with Gasteiger partial charge in [-0.3, -0.25) is 9.59 Å². The van der Waals surface area contributed by atoms with Crippen molar-refractivity contribution in [1.82, 2.24) is 5.32 Å². The summed E-state index contributed by atoms with van der Waals surface area (Å²) in [6, 6.07) is 14.6. The third kappa shape index (κ3) is 4.34. The normalized spacial score (nSPS) is 9.91. The molecular formula is C17H19N3O2. The summed E-state index contributed by atoms with van der Waals surface area (Å²) in [5.74, 6) is -0.261. The second-order valence-electron chi connectivity index (χ2n) is 4.92. The average Bonchev–Trinajstić information content (AvgIpc) is 2.55. The second-order valence-corrected chi connectivity index (χ2v) is 4.92. The van der Waals surface area contributed by atoms with Crippen LogP contribution >= 0.6 is 0 Å². The van der Waals surface area contributed by atoms with E-state index in [2.05, 4.69) is 16.0 Å². The van der Waals surface area contributed by atoms with Crippen molar-refractivity contribution < 1.29 is 9.59 Å². The fourth-order valence-corrected chi connectivity index (χ4v) is 1.91. The molecule has 5 heteroatoms. The van der Waals surface area contributed by atoms with Crippen molar-refractivity contribution in [2.24, 2.45) is 0 Å². The Kier molecular flexibility index (Phi) is 5.14. The van der Waals surface area contributed by atoms with E-state index < -0.39 is 0 Å². The maximum absolute atomic E-state index is 11.9. The third-order valence-electron chi connectivity index (χ3n) is 3.16. The van der Waals surface area contributed by atoms with Crippen molar-refractivity contribution >= 4 is 23.2 Å². The van der Waals surface area contributed by atoms with Crippen LogP contribution in [0.25, 0.3) is 0 Å². The summed E-state index contributed by atoms with van der Waals surface area (Å²) >= 11 is 0. The lowest BCUT2D eigenvalue weighted by atomic mass is 10.2. The SMILES string of the molecule is CNC(=O)c1ccc(NCC(=O)Nc2ccc(C)cc2)cc1. The maximum Gasteiger partial charge on any atom is 0.251 e. The smallest absolute Gasteiger partial charge is 0.251 e. The summed E-state index contributed by atoms with van der Waals surface area (Å²) < 4.78 is 0. The first kappa shape index (κ1) is 15.6. The number of aryl methyl sites for hydroxylation is 1. The molecule has 22 heavy (non-hydrogen) atoms. The van der Waals surface area contributed by atoms with Gasteiger partial charge in [-0.05, 0) is 43.3 Å². The fraction of sp³-hybridized carbons (Fsp3) is 0.176. The van der Waals surface area contributed by atoms with E-state index in [4.69, 9.17) is 0 Å². The Hall–Kier alpha value is -2.82. The van der Waals surface area contributed by atoms with E-state index in [1.54, 1.807) is 31.3 Å². The fourth-order valence-electron chi connectivity index (χ4n) is 1.91. The van der Waals surface area contributed by atoms with Gasteiger partial charge in [-0.25, -0.2) is 0 Å². The Morgan fingerprint density at radius 1 is 0.909 bits per heavy atom. The van der Waals surface area contributed by atoms with Crippen molar-refractivity contribution in [2.75, 3.05) is 24.2 Å². The number of amides is 2. The number of carbonyl (C=O) groups is 2. The predicted octanol–water partition coefficient (Wildman–Crippen LogP) is 2.41. The van der Waals surface area contributed by atoms with E-state index >= 15 is 0 Å². The molecule has 0 radical (unpaired) electrons. The van der Waals surface area contributed by atoms with Gasteiger partial charge < -0.3 is 16.0 Å².